The molecular weight excluding hydrogens is 209 g/mol. The van der Waals surface area contributed by atoms with Gasteiger partial charge in [0.25, 0.3) is 0 Å². The molecule has 2 unspecified atom stereocenters. The molecule has 2 atom stereocenters. The molecule has 0 aliphatic carbocycles. The molecule has 5 heteroatoms. The Balaban J connectivity index is 3.50. The number of aliphatic carboxylic acids is 1. The van der Waals surface area contributed by atoms with Gasteiger partial charge in [-0.15, -0.1) is 0 Å². The highest BCUT2D eigenvalue weighted by Gasteiger charge is 2.20. The first kappa shape index (κ1) is 14.3. The molecule has 0 saturated heterocycles. The first-order valence-electron chi connectivity index (χ1n) is 5.13. The fourth-order valence-corrected chi connectivity index (χ4v) is 1.23. The second-order valence-corrected chi connectivity index (χ2v) is 3.50. The number of rotatable bonds is 9. The fraction of sp³-hybridized carbons (Fsp3) is 0.900. The van der Waals surface area contributed by atoms with Crippen molar-refractivity contribution in [3.63, 3.8) is 0 Å². The Hall–Kier alpha value is -0.740. The maximum atomic E-state index is 13.0. The van der Waals surface area contributed by atoms with Crippen molar-refractivity contribution in [1.82, 2.24) is 0 Å². The molecule has 0 rings (SSSR count). The van der Waals surface area contributed by atoms with Crippen molar-refractivity contribution >= 4 is 5.97 Å². The summed E-state index contributed by atoms with van der Waals surface area (Å²) in [6, 6.07) is 0. The molecule has 0 amide bonds. The second kappa shape index (κ2) is 8.56. The third-order valence-corrected chi connectivity index (χ3v) is 2.14. The van der Waals surface area contributed by atoms with Gasteiger partial charge in [-0.3, -0.25) is 9.18 Å². The molecule has 0 aliphatic rings. The van der Waals surface area contributed by atoms with Crippen molar-refractivity contribution in [2.24, 2.45) is 0 Å². The lowest BCUT2D eigenvalue weighted by atomic mass is 10.0. The van der Waals surface area contributed by atoms with Crippen LogP contribution in [0.15, 0.2) is 0 Å². The van der Waals surface area contributed by atoms with E-state index in [4.69, 9.17) is 5.11 Å². The zero-order chi connectivity index (χ0) is 11.7. The van der Waals surface area contributed by atoms with Gasteiger partial charge in [0, 0.05) is 6.42 Å². The minimum Gasteiger partial charge on any atom is -0.481 e. The number of hydrogen-bond donors (Lipinski definition) is 1. The van der Waals surface area contributed by atoms with Gasteiger partial charge in [0.15, 0.2) is 0 Å². The summed E-state index contributed by atoms with van der Waals surface area (Å²) >= 11 is 0. The van der Waals surface area contributed by atoms with Gasteiger partial charge in [0.2, 0.25) is 0 Å². The molecule has 2 nitrogen and oxygen atoms in total. The van der Waals surface area contributed by atoms with Crippen molar-refractivity contribution in [2.45, 2.75) is 50.9 Å². The van der Waals surface area contributed by atoms with Crippen molar-refractivity contribution in [1.29, 1.82) is 0 Å². The Morgan fingerprint density at radius 3 is 2.20 bits per heavy atom. The van der Waals surface area contributed by atoms with Crippen molar-refractivity contribution in [2.75, 3.05) is 6.67 Å². The van der Waals surface area contributed by atoms with Crippen LogP contribution in [0.1, 0.15) is 38.5 Å². The molecule has 0 saturated carbocycles. The smallest absolute Gasteiger partial charge is 0.303 e. The van der Waals surface area contributed by atoms with Crippen LogP contribution in [0.5, 0.6) is 0 Å². The van der Waals surface area contributed by atoms with Crippen LogP contribution >= 0.6 is 0 Å². The van der Waals surface area contributed by atoms with Gasteiger partial charge in [-0.1, -0.05) is 12.8 Å². The average molecular weight is 226 g/mol. The summed E-state index contributed by atoms with van der Waals surface area (Å²) in [6.07, 6.45) is -2.58. The lowest BCUT2D eigenvalue weighted by molar-refractivity contribution is -0.137. The van der Waals surface area contributed by atoms with E-state index in [1.807, 2.05) is 0 Å². The summed E-state index contributed by atoms with van der Waals surface area (Å²) in [5.74, 6) is -1.12. The maximum absolute atomic E-state index is 13.0. The molecule has 0 aromatic rings. The van der Waals surface area contributed by atoms with Gasteiger partial charge in [-0.2, -0.15) is 0 Å². The Kier molecular flexibility index (Phi) is 8.14. The zero-order valence-electron chi connectivity index (χ0n) is 8.59. The van der Waals surface area contributed by atoms with E-state index < -0.39 is 25.0 Å². The third kappa shape index (κ3) is 8.27. The first-order chi connectivity index (χ1) is 7.07. The van der Waals surface area contributed by atoms with Crippen LogP contribution in [-0.4, -0.2) is 30.1 Å². The highest BCUT2D eigenvalue weighted by Crippen LogP contribution is 2.17. The standard InChI is InChI=1S/C10H17F3O2/c11-7-3-1-2-4-8(12)9(13)5-6-10(14)15/h8-9H,1-7H2,(H,14,15). The number of unbranched alkanes of at least 4 members (excludes halogenated alkanes) is 2. The highest BCUT2D eigenvalue weighted by atomic mass is 19.2. The van der Waals surface area contributed by atoms with Crippen LogP contribution in [-0.2, 0) is 4.79 Å². The van der Waals surface area contributed by atoms with Crippen molar-refractivity contribution in [3.05, 3.63) is 0 Å². The molecule has 0 aromatic carbocycles. The molecule has 1 N–H and O–H groups in total. The molecule has 15 heavy (non-hydrogen) atoms. The molecule has 0 heterocycles. The molecule has 0 radical (unpaired) electrons. The number of carboxylic acids is 1. The SMILES string of the molecule is O=C(O)CCC(F)C(F)CCCCCF. The van der Waals surface area contributed by atoms with Crippen LogP contribution in [0.2, 0.25) is 0 Å². The highest BCUT2D eigenvalue weighted by molar-refractivity contribution is 5.66. The van der Waals surface area contributed by atoms with Crippen molar-refractivity contribution < 1.29 is 23.1 Å². The Bertz CT molecular complexity index is 176. The van der Waals surface area contributed by atoms with Crippen molar-refractivity contribution in [3.8, 4) is 0 Å². The monoisotopic (exact) mass is 226 g/mol. The quantitative estimate of drug-likeness (QED) is 0.613. The molecule has 0 bridgehead atoms. The van der Waals surface area contributed by atoms with E-state index in [-0.39, 0.29) is 19.3 Å². The summed E-state index contributed by atoms with van der Waals surface area (Å²) in [6.45, 7) is -0.435. The predicted octanol–water partition coefficient (Wildman–Crippen LogP) is 3.06. The van der Waals surface area contributed by atoms with Crippen LogP contribution in [0, 0.1) is 0 Å². The van der Waals surface area contributed by atoms with Gasteiger partial charge in [0.1, 0.15) is 12.3 Å². The van der Waals surface area contributed by atoms with Crippen LogP contribution in [0.25, 0.3) is 0 Å². The Morgan fingerprint density at radius 2 is 1.67 bits per heavy atom. The van der Waals surface area contributed by atoms with E-state index in [0.717, 1.165) is 0 Å². The number of halogens is 3. The Morgan fingerprint density at radius 1 is 1.07 bits per heavy atom. The minimum atomic E-state index is -1.72. The van der Waals surface area contributed by atoms with E-state index in [9.17, 15) is 18.0 Å². The van der Waals surface area contributed by atoms with E-state index >= 15 is 0 Å². The summed E-state index contributed by atoms with van der Waals surface area (Å²) in [5.41, 5.74) is 0. The number of carbonyl (C=O) groups is 1. The summed E-state index contributed by atoms with van der Waals surface area (Å²) in [4.78, 5) is 10.1. The number of alkyl halides is 3. The van der Waals surface area contributed by atoms with Gasteiger partial charge in [-0.25, -0.2) is 8.78 Å². The topological polar surface area (TPSA) is 37.3 Å². The number of hydrogen-bond acceptors (Lipinski definition) is 1. The van der Waals surface area contributed by atoms with Gasteiger partial charge in [-0.05, 0) is 19.3 Å². The maximum Gasteiger partial charge on any atom is 0.303 e. The number of carboxylic acid groups (broad SMARTS) is 1. The predicted molar refractivity (Wildman–Crippen MR) is 51.1 cm³/mol. The molecule has 0 spiro atoms. The van der Waals surface area contributed by atoms with Gasteiger partial charge >= 0.3 is 5.97 Å². The molecule has 0 aromatic heterocycles. The van der Waals surface area contributed by atoms with E-state index in [1.54, 1.807) is 0 Å². The van der Waals surface area contributed by atoms with E-state index in [2.05, 4.69) is 0 Å². The lowest BCUT2D eigenvalue weighted by Gasteiger charge is -2.12. The largest absolute Gasteiger partial charge is 0.481 e. The molecular formula is C10H17F3O2. The summed E-state index contributed by atoms with van der Waals surface area (Å²) in [5, 5.41) is 8.26. The first-order valence-corrected chi connectivity index (χ1v) is 5.13. The van der Waals surface area contributed by atoms with Crippen LogP contribution < -0.4 is 0 Å². The zero-order valence-corrected chi connectivity index (χ0v) is 8.59. The molecule has 0 aliphatic heterocycles. The van der Waals surface area contributed by atoms with Gasteiger partial charge < -0.3 is 5.11 Å². The minimum absolute atomic E-state index is 0.0424. The second-order valence-electron chi connectivity index (χ2n) is 3.50. The Labute approximate surface area is 87.5 Å². The third-order valence-electron chi connectivity index (χ3n) is 2.14. The normalized spacial score (nSPS) is 14.9. The average Bonchev–Trinajstić information content (AvgIpc) is 2.20. The van der Waals surface area contributed by atoms with Crippen LogP contribution in [0.3, 0.4) is 0 Å². The lowest BCUT2D eigenvalue weighted by Crippen LogP contribution is -2.18. The van der Waals surface area contributed by atoms with E-state index in [0.29, 0.717) is 19.3 Å². The fourth-order valence-electron chi connectivity index (χ4n) is 1.23. The summed E-state index contributed by atoms with van der Waals surface area (Å²) in [7, 11) is 0. The van der Waals surface area contributed by atoms with Gasteiger partial charge in [0.05, 0.1) is 6.67 Å². The van der Waals surface area contributed by atoms with E-state index in [1.165, 1.54) is 0 Å². The summed E-state index contributed by atoms with van der Waals surface area (Å²) < 4.78 is 37.6. The molecule has 90 valence electrons. The molecule has 0 fully saturated rings. The van der Waals surface area contributed by atoms with Crippen LogP contribution in [0.4, 0.5) is 13.2 Å².